The number of ether oxygens (including phenoxy) is 1. The Morgan fingerprint density at radius 3 is 2.93 bits per heavy atom. The molecule has 30 heavy (non-hydrogen) atoms. The van der Waals surface area contributed by atoms with Gasteiger partial charge in [0.05, 0.1) is 18.4 Å². The van der Waals surface area contributed by atoms with Crippen LogP contribution in [-0.4, -0.2) is 40.5 Å². The van der Waals surface area contributed by atoms with Crippen LogP contribution < -0.4 is 10.6 Å². The monoisotopic (exact) mass is 425 g/mol. The van der Waals surface area contributed by atoms with Crippen LogP contribution in [0.2, 0.25) is 0 Å². The lowest BCUT2D eigenvalue weighted by molar-refractivity contribution is -0.116. The van der Waals surface area contributed by atoms with E-state index in [1.807, 2.05) is 27.7 Å². The fourth-order valence-corrected chi connectivity index (χ4v) is 5.84. The van der Waals surface area contributed by atoms with Crippen molar-refractivity contribution in [3.63, 3.8) is 0 Å². The molecule has 5 rings (SSSR count). The minimum atomic E-state index is -0.204. The van der Waals surface area contributed by atoms with Gasteiger partial charge in [-0.1, -0.05) is 30.0 Å². The van der Waals surface area contributed by atoms with Crippen LogP contribution in [-0.2, 0) is 35.3 Å². The van der Waals surface area contributed by atoms with E-state index < -0.39 is 0 Å². The second-order valence-corrected chi connectivity index (χ2v) is 9.25. The van der Waals surface area contributed by atoms with E-state index >= 15 is 0 Å². The van der Waals surface area contributed by atoms with Crippen LogP contribution in [0, 0.1) is 0 Å². The summed E-state index contributed by atoms with van der Waals surface area (Å²) in [5.74, 6) is 0.396. The Bertz CT molecular complexity index is 1010. The van der Waals surface area contributed by atoms with Gasteiger partial charge in [0.15, 0.2) is 0 Å². The zero-order valence-electron chi connectivity index (χ0n) is 17.1. The van der Waals surface area contributed by atoms with Crippen molar-refractivity contribution >= 4 is 23.4 Å². The minimum Gasteiger partial charge on any atom is -0.376 e. The zero-order valence-corrected chi connectivity index (χ0v) is 18.0. The first-order valence-corrected chi connectivity index (χ1v) is 11.9. The smallest absolute Gasteiger partial charge is 0.348 e. The molecule has 1 amide bonds. The van der Waals surface area contributed by atoms with Crippen LogP contribution in [0.5, 0.6) is 0 Å². The molecule has 3 aliphatic rings. The Kier molecular flexibility index (Phi) is 5.65. The first-order valence-electron chi connectivity index (χ1n) is 11.0. The number of benzene rings is 1. The van der Waals surface area contributed by atoms with Crippen molar-refractivity contribution in [1.29, 1.82) is 0 Å². The lowest BCUT2D eigenvalue weighted by atomic mass is 10.0. The number of thioether (sulfide) groups is 1. The molecule has 3 heterocycles. The number of para-hydroxylation sites is 1. The molecule has 6 nitrogen and oxygen atoms in total. The predicted octanol–water partition coefficient (Wildman–Crippen LogP) is 2.98. The van der Waals surface area contributed by atoms with Crippen LogP contribution in [0.3, 0.4) is 0 Å². The topological polar surface area (TPSA) is 64.4 Å². The summed E-state index contributed by atoms with van der Waals surface area (Å²) in [6, 6.07) is 8.14. The van der Waals surface area contributed by atoms with E-state index in [-0.39, 0.29) is 17.7 Å². The highest BCUT2D eigenvalue weighted by molar-refractivity contribution is 8.00. The average Bonchev–Trinajstić information content (AvgIpc) is 3.46. The number of carbonyl (C=O) groups is 1. The second-order valence-electron chi connectivity index (χ2n) is 8.29. The first kappa shape index (κ1) is 19.8. The Morgan fingerprint density at radius 1 is 1.17 bits per heavy atom. The van der Waals surface area contributed by atoms with E-state index in [0.717, 1.165) is 80.1 Å². The number of fused-ring (bicyclic) bond motifs is 2. The summed E-state index contributed by atoms with van der Waals surface area (Å²) < 4.78 is 7.56. The van der Waals surface area contributed by atoms with E-state index in [1.54, 1.807) is 0 Å². The Balaban J connectivity index is 1.33. The summed E-state index contributed by atoms with van der Waals surface area (Å²) in [6.07, 6.45) is 7.05. The van der Waals surface area contributed by atoms with Gasteiger partial charge in [-0.2, -0.15) is 4.98 Å². The molecule has 1 aromatic heterocycles. The molecular formula is C23H27N3O3S. The number of rotatable bonds is 5. The molecule has 0 N–H and O–H groups in total. The van der Waals surface area contributed by atoms with E-state index in [1.165, 1.54) is 17.3 Å². The van der Waals surface area contributed by atoms with Gasteiger partial charge in [0.2, 0.25) is 5.91 Å². The highest BCUT2D eigenvalue weighted by Crippen LogP contribution is 2.32. The van der Waals surface area contributed by atoms with Crippen molar-refractivity contribution in [3.05, 3.63) is 51.6 Å². The molecule has 1 fully saturated rings. The van der Waals surface area contributed by atoms with E-state index in [9.17, 15) is 9.59 Å². The fourth-order valence-electron chi connectivity index (χ4n) is 4.89. The lowest BCUT2D eigenvalue weighted by Gasteiger charge is -2.29. The van der Waals surface area contributed by atoms with Gasteiger partial charge in [-0.05, 0) is 56.6 Å². The number of nitrogens with zero attached hydrogens (tertiary/aromatic N) is 3. The van der Waals surface area contributed by atoms with Crippen LogP contribution in [0.1, 0.15) is 42.5 Å². The molecule has 1 aromatic carbocycles. The van der Waals surface area contributed by atoms with Crippen molar-refractivity contribution in [3.8, 4) is 0 Å². The molecule has 1 aliphatic carbocycles. The number of anilines is 1. The Morgan fingerprint density at radius 2 is 2.07 bits per heavy atom. The summed E-state index contributed by atoms with van der Waals surface area (Å²) in [5.41, 5.74) is 4.31. The molecule has 0 radical (unpaired) electrons. The van der Waals surface area contributed by atoms with Crippen molar-refractivity contribution in [2.45, 2.75) is 62.6 Å². The van der Waals surface area contributed by atoms with Crippen molar-refractivity contribution < 1.29 is 9.53 Å². The van der Waals surface area contributed by atoms with Crippen LogP contribution >= 0.6 is 11.8 Å². The molecule has 0 unspecified atom stereocenters. The number of hydrogen-bond donors (Lipinski definition) is 0. The number of aryl methyl sites for hydroxylation is 1. The third-order valence-corrected chi connectivity index (χ3v) is 7.36. The van der Waals surface area contributed by atoms with Crippen LogP contribution in [0.25, 0.3) is 0 Å². The molecule has 7 heteroatoms. The SMILES string of the molecule is O=C(CSc1nc(=O)n(C[C@@H]2CCCO2)c2c1CCC2)N1CCCc2ccccc21. The zero-order chi connectivity index (χ0) is 20.5. The van der Waals surface area contributed by atoms with Gasteiger partial charge in [-0.3, -0.25) is 9.36 Å². The highest BCUT2D eigenvalue weighted by Gasteiger charge is 2.27. The molecule has 1 atom stereocenters. The normalized spacial score (nSPS) is 20.3. The molecule has 0 saturated carbocycles. The fraction of sp³-hybridized carbons (Fsp3) is 0.522. The van der Waals surface area contributed by atoms with Gasteiger partial charge in [-0.15, -0.1) is 0 Å². The number of hydrogen-bond acceptors (Lipinski definition) is 5. The van der Waals surface area contributed by atoms with Crippen molar-refractivity contribution in [1.82, 2.24) is 9.55 Å². The Hall–Kier alpha value is -2.12. The molecular weight excluding hydrogens is 398 g/mol. The predicted molar refractivity (Wildman–Crippen MR) is 117 cm³/mol. The summed E-state index contributed by atoms with van der Waals surface area (Å²) >= 11 is 1.42. The van der Waals surface area contributed by atoms with Crippen LogP contribution in [0.4, 0.5) is 5.69 Å². The third kappa shape index (κ3) is 3.81. The third-order valence-electron chi connectivity index (χ3n) is 6.35. The van der Waals surface area contributed by atoms with Gasteiger partial charge in [0.1, 0.15) is 5.03 Å². The standard InChI is InChI=1S/C23H27N3O3S/c27-21(25-12-4-7-16-6-1-2-10-19(16)25)15-30-22-18-9-3-11-20(18)26(23(28)24-22)14-17-8-5-13-29-17/h1-2,6,10,17H,3-5,7-9,11-15H2/t17-/m0/s1. The molecule has 2 aliphatic heterocycles. The summed E-state index contributed by atoms with van der Waals surface area (Å²) in [4.78, 5) is 32.1. The van der Waals surface area contributed by atoms with Crippen LogP contribution in [0.15, 0.2) is 34.1 Å². The van der Waals surface area contributed by atoms with Crippen molar-refractivity contribution in [2.75, 3.05) is 23.8 Å². The maximum absolute atomic E-state index is 13.0. The summed E-state index contributed by atoms with van der Waals surface area (Å²) in [6.45, 7) is 2.14. The van der Waals surface area contributed by atoms with Gasteiger partial charge < -0.3 is 9.64 Å². The van der Waals surface area contributed by atoms with Gasteiger partial charge in [-0.25, -0.2) is 4.79 Å². The molecule has 158 valence electrons. The largest absolute Gasteiger partial charge is 0.376 e. The summed E-state index contributed by atoms with van der Waals surface area (Å²) in [5, 5.41) is 0.745. The number of amides is 1. The van der Waals surface area contributed by atoms with E-state index in [0.29, 0.717) is 12.3 Å². The highest BCUT2D eigenvalue weighted by atomic mass is 32.2. The quantitative estimate of drug-likeness (QED) is 0.544. The van der Waals surface area contributed by atoms with Gasteiger partial charge in [0.25, 0.3) is 0 Å². The molecule has 1 saturated heterocycles. The van der Waals surface area contributed by atoms with Crippen molar-refractivity contribution in [2.24, 2.45) is 0 Å². The second kappa shape index (κ2) is 8.55. The molecule has 0 spiro atoms. The maximum Gasteiger partial charge on any atom is 0.348 e. The maximum atomic E-state index is 13.0. The minimum absolute atomic E-state index is 0.0873. The van der Waals surface area contributed by atoms with E-state index in [2.05, 4.69) is 11.1 Å². The van der Waals surface area contributed by atoms with E-state index in [4.69, 9.17) is 4.74 Å². The Labute approximate surface area is 180 Å². The molecule has 2 aromatic rings. The first-order chi connectivity index (χ1) is 14.7. The molecule has 0 bridgehead atoms. The van der Waals surface area contributed by atoms with Gasteiger partial charge in [0, 0.05) is 30.1 Å². The number of carbonyl (C=O) groups excluding carboxylic acids is 1. The summed E-state index contributed by atoms with van der Waals surface area (Å²) in [7, 11) is 0. The average molecular weight is 426 g/mol. The number of aromatic nitrogens is 2. The lowest BCUT2D eigenvalue weighted by Crippen LogP contribution is -2.36. The van der Waals surface area contributed by atoms with Gasteiger partial charge >= 0.3 is 5.69 Å².